The van der Waals surface area contributed by atoms with Crippen LogP contribution in [0.5, 0.6) is 0 Å². The first kappa shape index (κ1) is 17.9. The van der Waals surface area contributed by atoms with Crippen LogP contribution in [0.2, 0.25) is 0 Å². The molecule has 0 atom stereocenters. The molecule has 0 saturated heterocycles. The lowest BCUT2D eigenvalue weighted by Crippen LogP contribution is -2.13. The maximum atomic E-state index is 11.9. The Kier molecular flexibility index (Phi) is 6.55. The summed E-state index contributed by atoms with van der Waals surface area (Å²) in [7, 11) is 0. The molecule has 1 aromatic carbocycles. The molecule has 0 bridgehead atoms. The summed E-state index contributed by atoms with van der Waals surface area (Å²) in [5.41, 5.74) is 2.23. The summed E-state index contributed by atoms with van der Waals surface area (Å²) >= 11 is 0. The molecule has 0 unspecified atom stereocenters. The van der Waals surface area contributed by atoms with Crippen LogP contribution in [-0.2, 0) is 11.3 Å². The predicted octanol–water partition coefficient (Wildman–Crippen LogP) is 6.35. The highest BCUT2D eigenvalue weighted by atomic mass is 19.4. The minimum Gasteiger partial charge on any atom is -0.497 e. The van der Waals surface area contributed by atoms with Gasteiger partial charge in [-0.25, -0.2) is 0 Å². The van der Waals surface area contributed by atoms with E-state index in [1.54, 1.807) is 0 Å². The Hall–Kier alpha value is -1.45. The summed E-state index contributed by atoms with van der Waals surface area (Å²) in [6.07, 6.45) is 4.22. The van der Waals surface area contributed by atoms with Gasteiger partial charge >= 0.3 is 6.18 Å². The van der Waals surface area contributed by atoms with Gasteiger partial charge in [0.15, 0.2) is 0 Å². The summed E-state index contributed by atoms with van der Waals surface area (Å²) in [6.45, 7) is 2.41. The van der Waals surface area contributed by atoms with Crippen LogP contribution in [0.1, 0.15) is 62.5 Å². The summed E-state index contributed by atoms with van der Waals surface area (Å²) in [4.78, 5) is 0. The molecule has 4 heteroatoms. The zero-order valence-electron chi connectivity index (χ0n) is 13.6. The van der Waals surface area contributed by atoms with Crippen molar-refractivity contribution in [1.29, 1.82) is 0 Å². The van der Waals surface area contributed by atoms with Gasteiger partial charge in [0.2, 0.25) is 0 Å². The van der Waals surface area contributed by atoms with Crippen LogP contribution in [0.15, 0.2) is 36.6 Å². The molecule has 23 heavy (non-hydrogen) atoms. The fourth-order valence-electron chi connectivity index (χ4n) is 3.35. The van der Waals surface area contributed by atoms with Crippen molar-refractivity contribution in [1.82, 2.24) is 0 Å². The summed E-state index contributed by atoms with van der Waals surface area (Å²) in [5.74, 6) is 1.52. The van der Waals surface area contributed by atoms with Gasteiger partial charge in [-0.2, -0.15) is 13.2 Å². The SMILES string of the molecule is CCCC1CCC(c2ccc(CO/C=C\C(F)(F)F)cc2)CC1. The molecular formula is C19H25F3O. The van der Waals surface area contributed by atoms with Gasteiger partial charge in [-0.1, -0.05) is 44.0 Å². The van der Waals surface area contributed by atoms with E-state index >= 15 is 0 Å². The number of benzene rings is 1. The maximum Gasteiger partial charge on any atom is 0.412 e. The Morgan fingerprint density at radius 3 is 2.30 bits per heavy atom. The minimum absolute atomic E-state index is 0.107. The van der Waals surface area contributed by atoms with Crippen LogP contribution in [0.3, 0.4) is 0 Å². The molecule has 1 aliphatic rings. The zero-order valence-corrected chi connectivity index (χ0v) is 13.6. The van der Waals surface area contributed by atoms with E-state index in [0.717, 1.165) is 11.5 Å². The lowest BCUT2D eigenvalue weighted by molar-refractivity contribution is -0.0817. The fourth-order valence-corrected chi connectivity index (χ4v) is 3.35. The van der Waals surface area contributed by atoms with Gasteiger partial charge in [-0.05, 0) is 48.6 Å². The molecule has 0 amide bonds. The van der Waals surface area contributed by atoms with Crippen molar-refractivity contribution in [2.45, 2.75) is 64.1 Å². The lowest BCUT2D eigenvalue weighted by atomic mass is 9.77. The molecular weight excluding hydrogens is 301 g/mol. The van der Waals surface area contributed by atoms with E-state index in [-0.39, 0.29) is 12.7 Å². The Morgan fingerprint density at radius 1 is 1.09 bits per heavy atom. The van der Waals surface area contributed by atoms with Crippen molar-refractivity contribution in [3.63, 3.8) is 0 Å². The third-order valence-corrected chi connectivity index (χ3v) is 4.60. The van der Waals surface area contributed by atoms with Crippen molar-refractivity contribution < 1.29 is 17.9 Å². The van der Waals surface area contributed by atoms with E-state index < -0.39 is 6.18 Å². The number of allylic oxidation sites excluding steroid dienone is 1. The molecule has 1 aliphatic carbocycles. The van der Waals surface area contributed by atoms with Gasteiger partial charge in [0.25, 0.3) is 0 Å². The average Bonchev–Trinajstić information content (AvgIpc) is 2.52. The molecule has 0 aliphatic heterocycles. The highest BCUT2D eigenvalue weighted by molar-refractivity contribution is 5.25. The standard InChI is InChI=1S/C19H25F3O/c1-2-3-15-4-8-17(9-5-15)18-10-6-16(7-11-18)14-23-13-12-19(20,21)22/h6-7,10-13,15,17H,2-5,8-9,14H2,1H3/b13-12-. The first-order valence-electron chi connectivity index (χ1n) is 8.43. The van der Waals surface area contributed by atoms with Gasteiger partial charge in [0.1, 0.15) is 6.61 Å². The van der Waals surface area contributed by atoms with Crippen molar-refractivity contribution >= 4 is 0 Å². The van der Waals surface area contributed by atoms with Gasteiger partial charge in [-0.15, -0.1) is 0 Å². The summed E-state index contributed by atoms with van der Waals surface area (Å²) in [6, 6.07) is 8.09. The number of hydrogen-bond acceptors (Lipinski definition) is 1. The van der Waals surface area contributed by atoms with Gasteiger partial charge in [-0.3, -0.25) is 0 Å². The Balaban J connectivity index is 1.80. The van der Waals surface area contributed by atoms with E-state index in [1.807, 2.05) is 12.1 Å². The number of rotatable bonds is 6. The molecule has 2 rings (SSSR count). The smallest absolute Gasteiger partial charge is 0.412 e. The van der Waals surface area contributed by atoms with E-state index in [4.69, 9.17) is 4.74 Å². The van der Waals surface area contributed by atoms with E-state index in [1.165, 1.54) is 44.1 Å². The Bertz CT molecular complexity index is 482. The second kappa shape index (κ2) is 8.42. The monoisotopic (exact) mass is 326 g/mol. The van der Waals surface area contributed by atoms with Gasteiger partial charge in [0, 0.05) is 0 Å². The van der Waals surface area contributed by atoms with Crippen molar-refractivity contribution in [3.8, 4) is 0 Å². The van der Waals surface area contributed by atoms with E-state index in [9.17, 15) is 13.2 Å². The molecule has 128 valence electrons. The number of halogens is 3. The zero-order chi connectivity index (χ0) is 16.7. The van der Waals surface area contributed by atoms with Crippen molar-refractivity contribution in [2.24, 2.45) is 5.92 Å². The molecule has 0 N–H and O–H groups in total. The molecule has 1 aromatic rings. The summed E-state index contributed by atoms with van der Waals surface area (Å²) < 4.78 is 40.8. The largest absolute Gasteiger partial charge is 0.497 e. The van der Waals surface area contributed by atoms with Gasteiger partial charge < -0.3 is 4.74 Å². The second-order valence-corrected chi connectivity index (χ2v) is 6.40. The molecule has 0 heterocycles. The molecule has 1 fully saturated rings. The fraction of sp³-hybridized carbons (Fsp3) is 0.579. The molecule has 1 saturated carbocycles. The van der Waals surface area contributed by atoms with Crippen molar-refractivity contribution in [2.75, 3.05) is 0 Å². The number of alkyl halides is 3. The van der Waals surface area contributed by atoms with E-state index in [0.29, 0.717) is 12.2 Å². The molecule has 0 radical (unpaired) electrons. The second-order valence-electron chi connectivity index (χ2n) is 6.40. The first-order valence-corrected chi connectivity index (χ1v) is 8.43. The van der Waals surface area contributed by atoms with Crippen LogP contribution in [0.25, 0.3) is 0 Å². The molecule has 0 aromatic heterocycles. The Labute approximate surface area is 136 Å². The average molecular weight is 326 g/mol. The lowest BCUT2D eigenvalue weighted by Gasteiger charge is -2.28. The van der Waals surface area contributed by atoms with Crippen LogP contribution < -0.4 is 0 Å². The quantitative estimate of drug-likeness (QED) is 0.553. The van der Waals surface area contributed by atoms with Gasteiger partial charge in [0.05, 0.1) is 12.3 Å². The van der Waals surface area contributed by atoms with E-state index in [2.05, 4.69) is 19.1 Å². The number of ether oxygens (including phenoxy) is 1. The highest BCUT2D eigenvalue weighted by Gasteiger charge is 2.22. The first-order chi connectivity index (χ1) is 11.0. The Morgan fingerprint density at radius 2 is 1.74 bits per heavy atom. The number of hydrogen-bond donors (Lipinski definition) is 0. The third-order valence-electron chi connectivity index (χ3n) is 4.60. The minimum atomic E-state index is -4.32. The normalized spacial score (nSPS) is 22.4. The molecule has 0 spiro atoms. The predicted molar refractivity (Wildman–Crippen MR) is 86.0 cm³/mol. The molecule has 1 nitrogen and oxygen atoms in total. The van der Waals surface area contributed by atoms with Crippen LogP contribution >= 0.6 is 0 Å². The summed E-state index contributed by atoms with van der Waals surface area (Å²) in [5, 5.41) is 0. The van der Waals surface area contributed by atoms with Crippen LogP contribution in [0, 0.1) is 5.92 Å². The highest BCUT2D eigenvalue weighted by Crippen LogP contribution is 2.37. The third kappa shape index (κ3) is 6.28. The van der Waals surface area contributed by atoms with Crippen LogP contribution in [-0.4, -0.2) is 6.18 Å². The van der Waals surface area contributed by atoms with Crippen molar-refractivity contribution in [3.05, 3.63) is 47.7 Å². The van der Waals surface area contributed by atoms with Crippen LogP contribution in [0.4, 0.5) is 13.2 Å². The topological polar surface area (TPSA) is 9.23 Å². The maximum absolute atomic E-state index is 11.9.